The minimum atomic E-state index is -0.501. The van der Waals surface area contributed by atoms with Crippen molar-refractivity contribution in [3.05, 3.63) is 65.5 Å². The summed E-state index contributed by atoms with van der Waals surface area (Å²) in [6.07, 6.45) is 3.12. The molecule has 0 unspecified atom stereocenters. The van der Waals surface area contributed by atoms with Crippen molar-refractivity contribution in [2.75, 3.05) is 18.8 Å². The Hall–Kier alpha value is -3.48. The molecule has 0 bridgehead atoms. The number of amides is 1. The minimum Gasteiger partial charge on any atom is -0.444 e. The van der Waals surface area contributed by atoms with E-state index in [4.69, 9.17) is 15.5 Å². The lowest BCUT2D eigenvalue weighted by Gasteiger charge is -2.33. The zero-order valence-electron chi connectivity index (χ0n) is 18.7. The summed E-state index contributed by atoms with van der Waals surface area (Å²) in [6.45, 7) is 6.85. The minimum absolute atomic E-state index is 0.0789. The first-order valence-corrected chi connectivity index (χ1v) is 10.8. The summed E-state index contributed by atoms with van der Waals surface area (Å²) in [6, 6.07) is 12.3. The van der Waals surface area contributed by atoms with Crippen LogP contribution in [0, 0.1) is 0 Å². The molecule has 1 amide bonds. The average Bonchev–Trinajstić information content (AvgIpc) is 2.77. The van der Waals surface area contributed by atoms with Crippen LogP contribution in [0.5, 0.6) is 0 Å². The van der Waals surface area contributed by atoms with Crippen molar-refractivity contribution in [1.29, 1.82) is 0 Å². The number of hydrogen-bond acceptors (Lipinski definition) is 6. The van der Waals surface area contributed by atoms with Gasteiger partial charge in [0, 0.05) is 42.0 Å². The third-order valence-electron chi connectivity index (χ3n) is 5.56. The van der Waals surface area contributed by atoms with Crippen LogP contribution in [0.25, 0.3) is 11.0 Å². The first-order chi connectivity index (χ1) is 15.2. The molecule has 0 saturated carbocycles. The molecule has 0 radical (unpaired) electrons. The topological polar surface area (TPSA) is 98.4 Å². The molecule has 0 spiro atoms. The molecule has 3 aromatic rings. The van der Waals surface area contributed by atoms with Crippen molar-refractivity contribution in [2.45, 2.75) is 45.1 Å². The van der Waals surface area contributed by atoms with Crippen LogP contribution in [0.4, 0.5) is 10.5 Å². The van der Waals surface area contributed by atoms with Gasteiger partial charge in [-0.2, -0.15) is 0 Å². The van der Waals surface area contributed by atoms with Gasteiger partial charge in [-0.25, -0.2) is 9.78 Å². The lowest BCUT2D eigenvalue weighted by Crippen LogP contribution is -2.41. The van der Waals surface area contributed by atoms with Gasteiger partial charge in [0.05, 0.1) is 16.7 Å². The maximum atomic E-state index is 12.8. The predicted octanol–water partition coefficient (Wildman–Crippen LogP) is 4.56. The lowest BCUT2D eigenvalue weighted by molar-refractivity contribution is 0.0204. The number of hydrogen-bond donors (Lipinski definition) is 1. The van der Waals surface area contributed by atoms with E-state index >= 15 is 0 Å². The van der Waals surface area contributed by atoms with Gasteiger partial charge in [0.2, 0.25) is 0 Å². The molecule has 166 valence electrons. The third-order valence-corrected chi connectivity index (χ3v) is 5.56. The zero-order valence-corrected chi connectivity index (χ0v) is 18.7. The standard InChI is InChI=1S/C25H28N4O3/c1-25(2,3)32-24(31)29-12-10-16(11-13-29)22-15-27-20-9-6-18(14-21(20)28-22)23(30)17-4-7-19(26)8-5-17/h4-9,14-16H,10-13,26H2,1-3H3. The quantitative estimate of drug-likeness (QED) is 0.481. The Bertz CT molecular complexity index is 1140. The molecule has 4 rings (SSSR count). The molecule has 2 heterocycles. The Morgan fingerprint density at radius 3 is 2.31 bits per heavy atom. The van der Waals surface area contributed by atoms with Crippen LogP contribution < -0.4 is 5.73 Å². The molecule has 1 fully saturated rings. The summed E-state index contributed by atoms with van der Waals surface area (Å²) in [5.41, 5.74) is 9.31. The van der Waals surface area contributed by atoms with Crippen LogP contribution in [0.1, 0.15) is 61.1 Å². The third kappa shape index (κ3) is 4.88. The number of anilines is 1. The van der Waals surface area contributed by atoms with Crippen molar-refractivity contribution in [2.24, 2.45) is 0 Å². The smallest absolute Gasteiger partial charge is 0.410 e. The fraction of sp³-hybridized carbons (Fsp3) is 0.360. The molecular formula is C25H28N4O3. The Labute approximate surface area is 187 Å². The highest BCUT2D eigenvalue weighted by atomic mass is 16.6. The number of aromatic nitrogens is 2. The maximum Gasteiger partial charge on any atom is 0.410 e. The number of rotatable bonds is 3. The van der Waals surface area contributed by atoms with Crippen LogP contribution in [-0.2, 0) is 4.74 Å². The molecule has 1 aromatic heterocycles. The highest BCUT2D eigenvalue weighted by Gasteiger charge is 2.28. The van der Waals surface area contributed by atoms with Gasteiger partial charge in [-0.15, -0.1) is 0 Å². The summed E-state index contributed by atoms with van der Waals surface area (Å²) in [4.78, 5) is 36.3. The van der Waals surface area contributed by atoms with Crippen LogP contribution in [0.15, 0.2) is 48.7 Å². The predicted molar refractivity (Wildman–Crippen MR) is 124 cm³/mol. The van der Waals surface area contributed by atoms with E-state index in [0.717, 1.165) is 24.1 Å². The van der Waals surface area contributed by atoms with Crippen LogP contribution >= 0.6 is 0 Å². The number of likely N-dealkylation sites (tertiary alicyclic amines) is 1. The van der Waals surface area contributed by atoms with Gasteiger partial charge in [0.25, 0.3) is 0 Å². The number of piperidine rings is 1. The number of ketones is 1. The normalized spacial score (nSPS) is 15.0. The SMILES string of the molecule is CC(C)(C)OC(=O)N1CCC(c2cnc3ccc(C(=O)c4ccc(N)cc4)cc3n2)CC1. The van der Waals surface area contributed by atoms with Crippen LogP contribution in [0.2, 0.25) is 0 Å². The molecule has 0 atom stereocenters. The molecule has 7 heteroatoms. The van der Waals surface area contributed by atoms with Crippen LogP contribution in [0.3, 0.4) is 0 Å². The van der Waals surface area contributed by atoms with E-state index < -0.39 is 5.60 Å². The molecule has 7 nitrogen and oxygen atoms in total. The summed E-state index contributed by atoms with van der Waals surface area (Å²) in [5.74, 6) is 0.131. The monoisotopic (exact) mass is 432 g/mol. The van der Waals surface area contributed by atoms with Gasteiger partial charge in [-0.3, -0.25) is 9.78 Å². The second kappa shape index (κ2) is 8.57. The summed E-state index contributed by atoms with van der Waals surface area (Å²) in [5, 5.41) is 0. The van der Waals surface area contributed by atoms with Gasteiger partial charge in [0.15, 0.2) is 5.78 Å². The molecule has 1 aliphatic heterocycles. The number of fused-ring (bicyclic) bond motifs is 1. The van der Waals surface area contributed by atoms with E-state index in [-0.39, 0.29) is 17.8 Å². The Morgan fingerprint density at radius 1 is 1.00 bits per heavy atom. The van der Waals surface area contributed by atoms with Gasteiger partial charge in [0.1, 0.15) is 5.60 Å². The van der Waals surface area contributed by atoms with E-state index in [9.17, 15) is 9.59 Å². The number of nitrogens with zero attached hydrogens (tertiary/aromatic N) is 3. The number of carbonyl (C=O) groups is 2. The Morgan fingerprint density at radius 2 is 1.66 bits per heavy atom. The second-order valence-electron chi connectivity index (χ2n) is 9.19. The first-order valence-electron chi connectivity index (χ1n) is 10.8. The maximum absolute atomic E-state index is 12.8. The van der Waals surface area contributed by atoms with Gasteiger partial charge in [-0.1, -0.05) is 0 Å². The second-order valence-corrected chi connectivity index (χ2v) is 9.19. The fourth-order valence-electron chi connectivity index (χ4n) is 3.85. The van der Waals surface area contributed by atoms with Gasteiger partial charge in [-0.05, 0) is 76.1 Å². The first kappa shape index (κ1) is 21.7. The summed E-state index contributed by atoms with van der Waals surface area (Å²) in [7, 11) is 0. The number of carbonyl (C=O) groups excluding carboxylic acids is 2. The van der Waals surface area contributed by atoms with Crippen molar-refractivity contribution < 1.29 is 14.3 Å². The number of nitrogen functional groups attached to an aromatic ring is 1. The zero-order chi connectivity index (χ0) is 22.9. The van der Waals surface area contributed by atoms with E-state index in [1.54, 1.807) is 47.5 Å². The van der Waals surface area contributed by atoms with Crippen molar-refractivity contribution in [3.8, 4) is 0 Å². The molecule has 1 saturated heterocycles. The number of benzene rings is 2. The molecular weight excluding hydrogens is 404 g/mol. The molecule has 2 N–H and O–H groups in total. The van der Waals surface area contributed by atoms with Gasteiger partial charge < -0.3 is 15.4 Å². The van der Waals surface area contributed by atoms with Gasteiger partial charge >= 0.3 is 6.09 Å². The Kier molecular flexibility index (Phi) is 5.82. The van der Waals surface area contributed by atoms with E-state index in [2.05, 4.69) is 4.98 Å². The largest absolute Gasteiger partial charge is 0.444 e. The summed E-state index contributed by atoms with van der Waals surface area (Å²) >= 11 is 0. The van der Waals surface area contributed by atoms with Crippen molar-refractivity contribution in [3.63, 3.8) is 0 Å². The van der Waals surface area contributed by atoms with E-state index in [1.807, 2.05) is 26.8 Å². The fourth-order valence-corrected chi connectivity index (χ4v) is 3.85. The molecule has 0 aliphatic carbocycles. The lowest BCUT2D eigenvalue weighted by atomic mass is 9.94. The van der Waals surface area contributed by atoms with E-state index in [1.165, 1.54) is 0 Å². The Balaban J connectivity index is 1.49. The van der Waals surface area contributed by atoms with Crippen molar-refractivity contribution in [1.82, 2.24) is 14.9 Å². The molecule has 32 heavy (non-hydrogen) atoms. The molecule has 2 aromatic carbocycles. The highest BCUT2D eigenvalue weighted by molar-refractivity contribution is 6.10. The van der Waals surface area contributed by atoms with Crippen LogP contribution in [-0.4, -0.2) is 45.4 Å². The van der Waals surface area contributed by atoms with E-state index in [0.29, 0.717) is 35.4 Å². The molecule has 1 aliphatic rings. The average molecular weight is 433 g/mol. The highest BCUT2D eigenvalue weighted by Crippen LogP contribution is 2.28. The number of nitrogens with two attached hydrogens (primary N) is 1. The van der Waals surface area contributed by atoms with Crippen molar-refractivity contribution >= 4 is 28.6 Å². The summed E-state index contributed by atoms with van der Waals surface area (Å²) < 4.78 is 5.47. The number of ether oxygens (including phenoxy) is 1.